The van der Waals surface area contributed by atoms with Crippen LogP contribution < -0.4 is 5.32 Å². The summed E-state index contributed by atoms with van der Waals surface area (Å²) in [4.78, 5) is 21.1. The van der Waals surface area contributed by atoms with Crippen molar-refractivity contribution in [2.24, 2.45) is 0 Å². The fourth-order valence-electron chi connectivity index (χ4n) is 3.21. The molecule has 5 aromatic rings. The Morgan fingerprint density at radius 3 is 2.93 bits per heavy atom. The molecule has 0 aromatic carbocycles. The summed E-state index contributed by atoms with van der Waals surface area (Å²) >= 11 is 0. The molecule has 8 heteroatoms. The van der Waals surface area contributed by atoms with E-state index < -0.39 is 0 Å². The number of fused-ring (bicyclic) bond motifs is 2. The minimum atomic E-state index is 0.670. The van der Waals surface area contributed by atoms with Crippen LogP contribution in [0.3, 0.4) is 0 Å². The van der Waals surface area contributed by atoms with E-state index in [2.05, 4.69) is 53.4 Å². The van der Waals surface area contributed by atoms with Gasteiger partial charge in [0.2, 0.25) is 0 Å². The van der Waals surface area contributed by atoms with E-state index in [1.807, 2.05) is 30.6 Å². The fourth-order valence-corrected chi connectivity index (χ4v) is 3.21. The molecule has 0 aliphatic heterocycles. The van der Waals surface area contributed by atoms with Gasteiger partial charge in [-0.05, 0) is 36.4 Å². The summed E-state index contributed by atoms with van der Waals surface area (Å²) in [5.41, 5.74) is 6.08. The average Bonchev–Trinajstić information content (AvgIpc) is 3.35. The van der Waals surface area contributed by atoms with Crippen molar-refractivity contribution < 1.29 is 0 Å². The predicted molar refractivity (Wildman–Crippen MR) is 107 cm³/mol. The average molecular weight is 370 g/mol. The van der Waals surface area contributed by atoms with Gasteiger partial charge < -0.3 is 10.3 Å². The first-order chi connectivity index (χ1) is 13.8. The highest BCUT2D eigenvalue weighted by atomic mass is 15.1. The Kier molecular flexibility index (Phi) is 4.02. The number of aromatic amines is 2. The molecule has 0 unspecified atom stereocenters. The molecule has 0 fully saturated rings. The van der Waals surface area contributed by atoms with Crippen molar-refractivity contribution in [1.82, 2.24) is 40.4 Å². The molecule has 0 aliphatic carbocycles. The van der Waals surface area contributed by atoms with Gasteiger partial charge in [0.05, 0.1) is 22.9 Å². The Bertz CT molecular complexity index is 1240. The van der Waals surface area contributed by atoms with E-state index in [1.165, 1.54) is 0 Å². The molecular formula is C20H18N8. The summed E-state index contributed by atoms with van der Waals surface area (Å²) in [5.74, 6) is 0.677. The van der Waals surface area contributed by atoms with Crippen LogP contribution in [0, 0.1) is 0 Å². The maximum atomic E-state index is 4.57. The number of nitrogens with zero attached hydrogens (tertiary/aromatic N) is 5. The van der Waals surface area contributed by atoms with E-state index in [1.54, 1.807) is 12.4 Å². The lowest BCUT2D eigenvalue weighted by molar-refractivity contribution is 0.724. The second-order valence-electron chi connectivity index (χ2n) is 6.51. The zero-order chi connectivity index (χ0) is 18.9. The number of pyridine rings is 3. The van der Waals surface area contributed by atoms with Crippen LogP contribution in [-0.2, 0) is 6.54 Å². The molecule has 5 rings (SSSR count). The highest BCUT2D eigenvalue weighted by Crippen LogP contribution is 2.28. The molecule has 138 valence electrons. The Labute approximate surface area is 160 Å². The lowest BCUT2D eigenvalue weighted by Crippen LogP contribution is -2.11. The van der Waals surface area contributed by atoms with Gasteiger partial charge in [0.1, 0.15) is 5.69 Å². The highest BCUT2D eigenvalue weighted by molar-refractivity contribution is 5.94. The van der Waals surface area contributed by atoms with Crippen molar-refractivity contribution in [3.63, 3.8) is 0 Å². The molecular weight excluding hydrogens is 352 g/mol. The van der Waals surface area contributed by atoms with Crippen LogP contribution in [0.4, 0.5) is 0 Å². The molecule has 0 aliphatic rings. The van der Waals surface area contributed by atoms with Crippen LogP contribution in [0.2, 0.25) is 0 Å². The molecule has 0 saturated carbocycles. The van der Waals surface area contributed by atoms with Gasteiger partial charge >= 0.3 is 0 Å². The predicted octanol–water partition coefficient (Wildman–Crippen LogP) is 3.07. The van der Waals surface area contributed by atoms with Crippen LogP contribution in [0.1, 0.15) is 12.5 Å². The van der Waals surface area contributed by atoms with Crippen LogP contribution >= 0.6 is 0 Å². The minimum absolute atomic E-state index is 0.670. The molecule has 3 N–H and O–H groups in total. The normalized spacial score (nSPS) is 11.5. The molecule has 5 heterocycles. The van der Waals surface area contributed by atoms with Gasteiger partial charge in [-0.2, -0.15) is 5.10 Å². The van der Waals surface area contributed by atoms with Crippen LogP contribution in [-0.4, -0.2) is 41.7 Å². The Hall–Kier alpha value is -3.65. The SMILES string of the molecule is CCNCc1cncc(-c2cc3c(-c4nc5ncccc5[nH]4)n[nH]c3cn2)c1. The first-order valence-corrected chi connectivity index (χ1v) is 9.12. The number of rotatable bonds is 5. The maximum absolute atomic E-state index is 4.57. The van der Waals surface area contributed by atoms with Crippen molar-refractivity contribution in [3.05, 3.63) is 54.6 Å². The largest absolute Gasteiger partial charge is 0.335 e. The molecule has 28 heavy (non-hydrogen) atoms. The highest BCUT2D eigenvalue weighted by Gasteiger charge is 2.14. The van der Waals surface area contributed by atoms with Gasteiger partial charge in [0.15, 0.2) is 11.5 Å². The summed E-state index contributed by atoms with van der Waals surface area (Å²) in [6.45, 7) is 3.78. The third kappa shape index (κ3) is 2.89. The number of aromatic nitrogens is 7. The zero-order valence-electron chi connectivity index (χ0n) is 15.3. The lowest BCUT2D eigenvalue weighted by atomic mass is 10.1. The summed E-state index contributed by atoms with van der Waals surface area (Å²) in [6, 6.07) is 7.95. The lowest BCUT2D eigenvalue weighted by Gasteiger charge is -2.05. The third-order valence-electron chi connectivity index (χ3n) is 4.60. The van der Waals surface area contributed by atoms with Crippen LogP contribution in [0.15, 0.2) is 49.1 Å². The summed E-state index contributed by atoms with van der Waals surface area (Å²) in [7, 11) is 0. The molecule has 0 bridgehead atoms. The molecule has 0 atom stereocenters. The topological polar surface area (TPSA) is 108 Å². The van der Waals surface area contributed by atoms with Crippen molar-refractivity contribution in [1.29, 1.82) is 0 Å². The van der Waals surface area contributed by atoms with Crippen LogP contribution in [0.25, 0.3) is 44.8 Å². The first kappa shape index (κ1) is 16.5. The molecule has 0 spiro atoms. The van der Waals surface area contributed by atoms with Crippen LogP contribution in [0.5, 0.6) is 0 Å². The quantitative estimate of drug-likeness (QED) is 0.439. The van der Waals surface area contributed by atoms with E-state index in [0.717, 1.165) is 52.0 Å². The van der Waals surface area contributed by atoms with Crippen molar-refractivity contribution in [2.45, 2.75) is 13.5 Å². The van der Waals surface area contributed by atoms with Gasteiger partial charge in [0, 0.05) is 36.1 Å². The summed E-state index contributed by atoms with van der Waals surface area (Å²) in [6.07, 6.45) is 7.22. The standard InChI is InChI=1S/C20H18N8/c1-2-21-8-12-6-13(10-22-9-12)16-7-14-17(11-24-16)27-28-18(14)20-25-15-4-3-5-23-19(15)26-20/h3-7,9-11,21H,2,8H2,1H3,(H,27,28)(H,23,25,26). The first-order valence-electron chi connectivity index (χ1n) is 9.12. The number of nitrogens with one attached hydrogen (secondary N) is 3. The molecule has 5 aromatic heterocycles. The third-order valence-corrected chi connectivity index (χ3v) is 4.60. The van der Waals surface area contributed by atoms with E-state index in [-0.39, 0.29) is 0 Å². The Morgan fingerprint density at radius 1 is 1.07 bits per heavy atom. The number of hydrogen-bond donors (Lipinski definition) is 3. The molecule has 0 amide bonds. The Morgan fingerprint density at radius 2 is 2.04 bits per heavy atom. The Balaban J connectivity index is 1.58. The van der Waals surface area contributed by atoms with E-state index in [4.69, 9.17) is 0 Å². The van der Waals surface area contributed by atoms with Crippen molar-refractivity contribution in [2.75, 3.05) is 6.54 Å². The van der Waals surface area contributed by atoms with E-state index >= 15 is 0 Å². The van der Waals surface area contributed by atoms with Crippen molar-refractivity contribution >= 4 is 22.1 Å². The molecule has 0 saturated heterocycles. The second kappa shape index (κ2) is 6.82. The van der Waals surface area contributed by atoms with Gasteiger partial charge in [-0.3, -0.25) is 15.1 Å². The summed E-state index contributed by atoms with van der Waals surface area (Å²) < 4.78 is 0. The number of H-pyrrole nitrogens is 2. The fraction of sp³-hybridized carbons (Fsp3) is 0.150. The van der Waals surface area contributed by atoms with Gasteiger partial charge in [-0.1, -0.05) is 6.92 Å². The van der Waals surface area contributed by atoms with Gasteiger partial charge in [0.25, 0.3) is 0 Å². The maximum Gasteiger partial charge on any atom is 0.178 e. The van der Waals surface area contributed by atoms with E-state index in [0.29, 0.717) is 11.5 Å². The van der Waals surface area contributed by atoms with E-state index in [9.17, 15) is 0 Å². The zero-order valence-corrected chi connectivity index (χ0v) is 15.3. The molecule has 0 radical (unpaired) electrons. The monoisotopic (exact) mass is 370 g/mol. The van der Waals surface area contributed by atoms with Gasteiger partial charge in [-0.15, -0.1) is 0 Å². The summed E-state index contributed by atoms with van der Waals surface area (Å²) in [5, 5.41) is 11.7. The second-order valence-corrected chi connectivity index (χ2v) is 6.51. The van der Waals surface area contributed by atoms with Gasteiger partial charge in [-0.25, -0.2) is 9.97 Å². The number of imidazole rings is 1. The minimum Gasteiger partial charge on any atom is -0.335 e. The molecule has 8 nitrogen and oxygen atoms in total. The smallest absolute Gasteiger partial charge is 0.178 e. The number of hydrogen-bond acceptors (Lipinski definition) is 6. The van der Waals surface area contributed by atoms with Crippen molar-refractivity contribution in [3.8, 4) is 22.8 Å².